The molecule has 1 saturated heterocycles. The predicted molar refractivity (Wildman–Crippen MR) is 72.4 cm³/mol. The quantitative estimate of drug-likeness (QED) is 0.762. The molecular formula is C14H13FN2O5. The number of hydrogen-bond acceptors (Lipinski definition) is 3. The molecule has 0 radical (unpaired) electrons. The molecule has 116 valence electrons. The molecule has 1 spiro atoms. The van der Waals surface area contributed by atoms with E-state index < -0.39 is 29.3 Å². The van der Waals surface area contributed by atoms with Gasteiger partial charge in [-0.25, -0.2) is 18.9 Å². The third kappa shape index (κ3) is 1.83. The topological polar surface area (TPSA) is 98.2 Å². The van der Waals surface area contributed by atoms with Crippen molar-refractivity contribution >= 4 is 23.8 Å². The molecule has 2 N–H and O–H groups in total. The van der Waals surface area contributed by atoms with E-state index in [2.05, 4.69) is 0 Å². The summed E-state index contributed by atoms with van der Waals surface area (Å²) in [5.74, 6) is -1.31. The molecule has 2 aliphatic heterocycles. The van der Waals surface area contributed by atoms with Gasteiger partial charge in [-0.15, -0.1) is 0 Å². The van der Waals surface area contributed by atoms with Gasteiger partial charge in [0.2, 0.25) is 5.91 Å². The molecule has 0 saturated carbocycles. The van der Waals surface area contributed by atoms with Crippen LogP contribution < -0.4 is 4.90 Å². The van der Waals surface area contributed by atoms with Crippen molar-refractivity contribution in [3.8, 4) is 0 Å². The van der Waals surface area contributed by atoms with E-state index in [-0.39, 0.29) is 30.8 Å². The zero-order valence-corrected chi connectivity index (χ0v) is 11.5. The van der Waals surface area contributed by atoms with Crippen molar-refractivity contribution in [2.24, 2.45) is 0 Å². The average molecular weight is 308 g/mol. The summed E-state index contributed by atoms with van der Waals surface area (Å²) in [6.45, 7) is 0.101. The van der Waals surface area contributed by atoms with E-state index in [0.717, 1.165) is 17.0 Å². The number of nitrogens with zero attached hydrogens (tertiary/aromatic N) is 2. The van der Waals surface area contributed by atoms with E-state index in [1.807, 2.05) is 0 Å². The first-order valence-corrected chi connectivity index (χ1v) is 6.72. The second-order valence-corrected chi connectivity index (χ2v) is 5.47. The number of carbonyl (C=O) groups excluding carboxylic acids is 1. The van der Waals surface area contributed by atoms with Crippen LogP contribution in [0.3, 0.4) is 0 Å². The second-order valence-electron chi connectivity index (χ2n) is 5.47. The summed E-state index contributed by atoms with van der Waals surface area (Å²) in [4.78, 5) is 36.9. The normalized spacial score (nSPS) is 23.8. The van der Waals surface area contributed by atoms with Crippen LogP contribution in [0.15, 0.2) is 18.2 Å². The minimum absolute atomic E-state index is 0.103. The minimum Gasteiger partial charge on any atom is -0.465 e. The second kappa shape index (κ2) is 4.69. The number of carboxylic acid groups (broad SMARTS) is 2. The molecule has 1 aromatic rings. The lowest BCUT2D eigenvalue weighted by Crippen LogP contribution is -2.53. The van der Waals surface area contributed by atoms with Crippen LogP contribution in [-0.2, 0) is 10.2 Å². The maximum atomic E-state index is 13.6. The lowest BCUT2D eigenvalue weighted by atomic mass is 9.75. The lowest BCUT2D eigenvalue weighted by molar-refractivity contribution is -0.124. The third-order valence-corrected chi connectivity index (χ3v) is 4.28. The molecule has 1 atom stereocenters. The summed E-state index contributed by atoms with van der Waals surface area (Å²) in [5.41, 5.74) is -0.982. The fraction of sp³-hybridized carbons (Fsp3) is 0.357. The summed E-state index contributed by atoms with van der Waals surface area (Å²) in [6, 6.07) is 3.45. The number of carbonyl (C=O) groups is 3. The Hall–Kier alpha value is -2.64. The van der Waals surface area contributed by atoms with Gasteiger partial charge in [0, 0.05) is 13.1 Å². The molecule has 0 bridgehead atoms. The Bertz CT molecular complexity index is 692. The molecule has 1 aromatic carbocycles. The molecule has 8 heteroatoms. The van der Waals surface area contributed by atoms with E-state index in [4.69, 9.17) is 5.11 Å². The highest BCUT2D eigenvalue weighted by atomic mass is 19.1. The Morgan fingerprint density at radius 3 is 2.59 bits per heavy atom. The van der Waals surface area contributed by atoms with Gasteiger partial charge in [-0.1, -0.05) is 0 Å². The van der Waals surface area contributed by atoms with Gasteiger partial charge in [-0.3, -0.25) is 4.79 Å². The zero-order valence-electron chi connectivity index (χ0n) is 11.5. The van der Waals surface area contributed by atoms with Crippen molar-refractivity contribution in [1.29, 1.82) is 0 Å². The zero-order chi connectivity index (χ0) is 16.1. The molecule has 2 heterocycles. The van der Waals surface area contributed by atoms with Crippen molar-refractivity contribution in [2.75, 3.05) is 18.0 Å². The van der Waals surface area contributed by atoms with Crippen molar-refractivity contribution < 1.29 is 29.0 Å². The van der Waals surface area contributed by atoms with Crippen LogP contribution in [0.1, 0.15) is 18.4 Å². The molecule has 1 fully saturated rings. The number of imide groups is 1. The van der Waals surface area contributed by atoms with Gasteiger partial charge < -0.3 is 15.1 Å². The van der Waals surface area contributed by atoms with Gasteiger partial charge in [0.15, 0.2) is 0 Å². The molecule has 2 aliphatic rings. The van der Waals surface area contributed by atoms with Crippen molar-refractivity contribution in [3.63, 3.8) is 0 Å². The third-order valence-electron chi connectivity index (χ3n) is 4.28. The summed E-state index contributed by atoms with van der Waals surface area (Å²) in [5, 5.41) is 18.4. The minimum atomic E-state index is -1.46. The largest absolute Gasteiger partial charge is 0.465 e. The van der Waals surface area contributed by atoms with Crippen LogP contribution in [0.25, 0.3) is 0 Å². The Morgan fingerprint density at radius 2 is 1.95 bits per heavy atom. The van der Waals surface area contributed by atoms with Gasteiger partial charge in [0.05, 0.1) is 11.1 Å². The van der Waals surface area contributed by atoms with E-state index in [0.29, 0.717) is 11.3 Å². The van der Waals surface area contributed by atoms with Crippen molar-refractivity contribution in [2.45, 2.75) is 18.3 Å². The number of hydrogen-bond donors (Lipinski definition) is 2. The Kier molecular flexibility index (Phi) is 3.05. The fourth-order valence-corrected chi connectivity index (χ4v) is 3.33. The first kappa shape index (κ1) is 14.3. The van der Waals surface area contributed by atoms with E-state index in [1.54, 1.807) is 0 Å². The first-order valence-electron chi connectivity index (χ1n) is 6.72. The molecule has 22 heavy (non-hydrogen) atoms. The first-order chi connectivity index (χ1) is 10.4. The van der Waals surface area contributed by atoms with Crippen LogP contribution in [0, 0.1) is 5.82 Å². The van der Waals surface area contributed by atoms with Crippen molar-refractivity contribution in [3.05, 3.63) is 29.6 Å². The number of anilines is 1. The number of fused-ring (bicyclic) bond motifs is 2. The molecule has 3 amide bonds. The van der Waals surface area contributed by atoms with Crippen LogP contribution >= 0.6 is 0 Å². The Balaban J connectivity index is 2.16. The molecular weight excluding hydrogens is 295 g/mol. The highest BCUT2D eigenvalue weighted by Gasteiger charge is 2.55. The molecule has 0 aromatic heterocycles. The van der Waals surface area contributed by atoms with E-state index in [9.17, 15) is 23.9 Å². The summed E-state index contributed by atoms with van der Waals surface area (Å²) in [6.07, 6.45) is -1.95. The van der Waals surface area contributed by atoms with Crippen LogP contribution in [0.5, 0.6) is 0 Å². The monoisotopic (exact) mass is 308 g/mol. The fourth-order valence-electron chi connectivity index (χ4n) is 3.33. The van der Waals surface area contributed by atoms with Gasteiger partial charge in [0.1, 0.15) is 5.82 Å². The molecule has 0 aliphatic carbocycles. The highest BCUT2D eigenvalue weighted by Crippen LogP contribution is 2.47. The Morgan fingerprint density at radius 1 is 1.23 bits per heavy atom. The maximum Gasteiger partial charge on any atom is 0.418 e. The standard InChI is InChI=1S/C14H13FN2O5/c15-8-2-3-10-9(6-8)14(11(18)17(10)13(21)22)4-1-5-16(7-14)12(19)20/h2-3,6H,1,4-5,7H2,(H,19,20)(H,21,22). The highest BCUT2D eigenvalue weighted by molar-refractivity contribution is 6.20. The summed E-state index contributed by atoms with van der Waals surface area (Å²) < 4.78 is 13.6. The Labute approximate surface area is 124 Å². The van der Waals surface area contributed by atoms with Crippen LogP contribution in [-0.4, -0.2) is 46.3 Å². The van der Waals surface area contributed by atoms with Gasteiger partial charge in [-0.05, 0) is 36.6 Å². The summed E-state index contributed by atoms with van der Waals surface area (Å²) in [7, 11) is 0. The van der Waals surface area contributed by atoms with Crippen molar-refractivity contribution in [1.82, 2.24) is 4.90 Å². The predicted octanol–water partition coefficient (Wildman–Crippen LogP) is 1.86. The SMILES string of the molecule is O=C(O)N1CCCC2(C1)C(=O)N(C(=O)O)c1ccc(F)cc12. The lowest BCUT2D eigenvalue weighted by Gasteiger charge is -2.37. The maximum absolute atomic E-state index is 13.6. The van der Waals surface area contributed by atoms with Gasteiger partial charge in [-0.2, -0.15) is 0 Å². The van der Waals surface area contributed by atoms with E-state index >= 15 is 0 Å². The van der Waals surface area contributed by atoms with Crippen LogP contribution in [0.2, 0.25) is 0 Å². The molecule has 1 unspecified atom stereocenters. The molecule has 7 nitrogen and oxygen atoms in total. The number of benzene rings is 1. The van der Waals surface area contributed by atoms with Gasteiger partial charge in [0.25, 0.3) is 0 Å². The number of halogens is 1. The summed E-state index contributed by atoms with van der Waals surface area (Å²) >= 11 is 0. The van der Waals surface area contributed by atoms with Crippen LogP contribution in [0.4, 0.5) is 19.7 Å². The number of amides is 3. The average Bonchev–Trinajstić information content (AvgIpc) is 2.69. The van der Waals surface area contributed by atoms with E-state index in [1.165, 1.54) is 6.07 Å². The molecule has 3 rings (SSSR count). The smallest absolute Gasteiger partial charge is 0.418 e. The van der Waals surface area contributed by atoms with Gasteiger partial charge >= 0.3 is 12.2 Å². The number of piperidine rings is 1. The number of likely N-dealkylation sites (tertiary alicyclic amines) is 1. The number of rotatable bonds is 0.